The minimum atomic E-state index is -0.809. The highest BCUT2D eigenvalue weighted by molar-refractivity contribution is 6.05. The van der Waals surface area contributed by atoms with Crippen molar-refractivity contribution in [2.45, 2.75) is 0 Å². The topological polar surface area (TPSA) is 125 Å². The van der Waals surface area contributed by atoms with Gasteiger partial charge >= 0.3 is 11.4 Å². The van der Waals surface area contributed by atoms with E-state index in [2.05, 4.69) is 5.32 Å². The number of hydrogen-bond acceptors (Lipinski definition) is 6. The van der Waals surface area contributed by atoms with Gasteiger partial charge in [0.25, 0.3) is 11.7 Å². The molecule has 0 aliphatic heterocycles. The van der Waals surface area contributed by atoms with Crippen molar-refractivity contribution in [3.63, 3.8) is 0 Å². The van der Waals surface area contributed by atoms with Crippen molar-refractivity contribution < 1.29 is 19.4 Å². The average Bonchev–Trinajstić information content (AvgIpc) is 2.73. The van der Waals surface area contributed by atoms with Gasteiger partial charge in [0.05, 0.1) is 22.6 Å². The zero-order valence-electron chi connectivity index (χ0n) is 15.2. The van der Waals surface area contributed by atoms with E-state index in [4.69, 9.17) is 4.74 Å². The van der Waals surface area contributed by atoms with E-state index in [1.807, 2.05) is 30.3 Å². The fraction of sp³-hybridized carbons (Fsp3) is 0.0500. The summed E-state index contributed by atoms with van der Waals surface area (Å²) in [6.07, 6.45) is 0. The van der Waals surface area contributed by atoms with Gasteiger partial charge in [-0.1, -0.05) is 42.5 Å². The number of hydrogen-bond donors (Lipinski definition) is 1. The molecule has 1 N–H and O–H groups in total. The second-order valence-corrected chi connectivity index (χ2v) is 5.96. The van der Waals surface area contributed by atoms with Crippen LogP contribution in [0.4, 0.5) is 17.1 Å². The molecule has 3 rings (SSSR count). The van der Waals surface area contributed by atoms with Crippen LogP contribution < -0.4 is 10.1 Å². The number of anilines is 1. The highest BCUT2D eigenvalue weighted by Gasteiger charge is 2.28. The summed E-state index contributed by atoms with van der Waals surface area (Å²) in [6.45, 7) is 0. The predicted molar refractivity (Wildman–Crippen MR) is 106 cm³/mol. The second-order valence-electron chi connectivity index (χ2n) is 5.96. The number of methoxy groups -OCH3 is 1. The zero-order valence-corrected chi connectivity index (χ0v) is 15.2. The lowest BCUT2D eigenvalue weighted by atomic mass is 10.0. The predicted octanol–water partition coefficient (Wildman–Crippen LogP) is 4.43. The summed E-state index contributed by atoms with van der Waals surface area (Å²) in [7, 11) is 1.10. The summed E-state index contributed by atoms with van der Waals surface area (Å²) in [5.41, 5.74) is 0.888. The summed E-state index contributed by atoms with van der Waals surface area (Å²) in [6, 6.07) is 18.3. The van der Waals surface area contributed by atoms with Crippen LogP contribution in [0, 0.1) is 20.2 Å². The standard InChI is InChI=1S/C20H15N3O6/c1-29-19-17(22(25)26)11-16(12-18(19)23(27)28)21-20(24)15-9-7-14(8-10-15)13-5-3-2-4-6-13/h2-12H,1H3,(H,21,24). The molecule has 0 atom stereocenters. The van der Waals surface area contributed by atoms with E-state index in [0.717, 1.165) is 30.4 Å². The van der Waals surface area contributed by atoms with E-state index in [-0.39, 0.29) is 5.69 Å². The highest BCUT2D eigenvalue weighted by atomic mass is 16.6. The molecular weight excluding hydrogens is 378 g/mol. The highest BCUT2D eigenvalue weighted by Crippen LogP contribution is 2.39. The van der Waals surface area contributed by atoms with Crippen molar-refractivity contribution in [2.75, 3.05) is 12.4 Å². The van der Waals surface area contributed by atoms with Gasteiger partial charge in [0.15, 0.2) is 0 Å². The van der Waals surface area contributed by atoms with Crippen LogP contribution >= 0.6 is 0 Å². The molecule has 0 fully saturated rings. The van der Waals surface area contributed by atoms with E-state index >= 15 is 0 Å². The Hall–Kier alpha value is -4.27. The minimum Gasteiger partial charge on any atom is -0.485 e. The molecule has 146 valence electrons. The van der Waals surface area contributed by atoms with Gasteiger partial charge in [-0.3, -0.25) is 25.0 Å². The molecule has 0 bridgehead atoms. The lowest BCUT2D eigenvalue weighted by molar-refractivity contribution is -0.395. The maximum atomic E-state index is 12.5. The number of amides is 1. The molecule has 3 aromatic rings. The summed E-state index contributed by atoms with van der Waals surface area (Å²) in [5, 5.41) is 24.9. The number of benzene rings is 3. The Labute approximate surface area is 164 Å². The number of nitro groups is 2. The van der Waals surface area contributed by atoms with Gasteiger partial charge in [0.1, 0.15) is 0 Å². The third-order valence-electron chi connectivity index (χ3n) is 4.16. The van der Waals surface area contributed by atoms with Gasteiger partial charge in [-0.2, -0.15) is 0 Å². The Morgan fingerprint density at radius 1 is 0.862 bits per heavy atom. The van der Waals surface area contributed by atoms with Gasteiger partial charge in [-0.15, -0.1) is 0 Å². The molecule has 1 amide bonds. The largest absolute Gasteiger partial charge is 0.485 e. The van der Waals surface area contributed by atoms with E-state index in [0.29, 0.717) is 5.56 Å². The smallest absolute Gasteiger partial charge is 0.320 e. The Balaban J connectivity index is 1.88. The number of carbonyl (C=O) groups is 1. The molecule has 0 spiro atoms. The number of nitrogens with zero attached hydrogens (tertiary/aromatic N) is 2. The maximum absolute atomic E-state index is 12.5. The molecule has 0 aromatic heterocycles. The van der Waals surface area contributed by atoms with Gasteiger partial charge < -0.3 is 10.1 Å². The molecule has 9 nitrogen and oxygen atoms in total. The molecule has 0 saturated heterocycles. The average molecular weight is 393 g/mol. The van der Waals surface area contributed by atoms with Crippen molar-refractivity contribution in [1.82, 2.24) is 0 Å². The molecule has 3 aromatic carbocycles. The van der Waals surface area contributed by atoms with Crippen molar-refractivity contribution in [3.05, 3.63) is 92.5 Å². The molecule has 0 heterocycles. The van der Waals surface area contributed by atoms with Gasteiger partial charge in [-0.25, -0.2) is 0 Å². The molecular formula is C20H15N3O6. The third kappa shape index (κ3) is 4.19. The fourth-order valence-corrected chi connectivity index (χ4v) is 2.80. The summed E-state index contributed by atoms with van der Waals surface area (Å²) >= 11 is 0. The lowest BCUT2D eigenvalue weighted by Crippen LogP contribution is -2.12. The van der Waals surface area contributed by atoms with Crippen LogP contribution in [0.1, 0.15) is 10.4 Å². The van der Waals surface area contributed by atoms with Crippen molar-refractivity contribution in [2.24, 2.45) is 0 Å². The van der Waals surface area contributed by atoms with Crippen LogP contribution in [0.2, 0.25) is 0 Å². The van der Waals surface area contributed by atoms with E-state index in [1.165, 1.54) is 0 Å². The Kier molecular flexibility index (Phi) is 5.49. The van der Waals surface area contributed by atoms with E-state index in [1.54, 1.807) is 24.3 Å². The SMILES string of the molecule is COc1c([N+](=O)[O-])cc(NC(=O)c2ccc(-c3ccccc3)cc2)cc1[N+](=O)[O-]. The second kappa shape index (κ2) is 8.17. The van der Waals surface area contributed by atoms with E-state index < -0.39 is 32.9 Å². The van der Waals surface area contributed by atoms with Crippen LogP contribution in [0.3, 0.4) is 0 Å². The molecule has 0 saturated carbocycles. The minimum absolute atomic E-state index is 0.0821. The van der Waals surface area contributed by atoms with Crippen LogP contribution in [0.15, 0.2) is 66.7 Å². The first kappa shape index (κ1) is 19.5. The van der Waals surface area contributed by atoms with Crippen molar-refractivity contribution >= 4 is 23.0 Å². The third-order valence-corrected chi connectivity index (χ3v) is 4.16. The maximum Gasteiger partial charge on any atom is 0.320 e. The summed E-state index contributed by atoms with van der Waals surface area (Å²) in [5.74, 6) is -1.04. The van der Waals surface area contributed by atoms with E-state index in [9.17, 15) is 25.0 Å². The molecule has 0 radical (unpaired) electrons. The zero-order chi connectivity index (χ0) is 21.0. The van der Waals surface area contributed by atoms with Gasteiger partial charge in [0.2, 0.25) is 0 Å². The number of carbonyl (C=O) groups excluding carboxylic acids is 1. The summed E-state index contributed by atoms with van der Waals surface area (Å²) < 4.78 is 4.80. The lowest BCUT2D eigenvalue weighted by Gasteiger charge is -2.09. The number of ether oxygens (including phenoxy) is 1. The molecule has 9 heteroatoms. The van der Waals surface area contributed by atoms with Crippen molar-refractivity contribution in [1.29, 1.82) is 0 Å². The quantitative estimate of drug-likeness (QED) is 0.488. The van der Waals surface area contributed by atoms with Gasteiger partial charge in [-0.05, 0) is 23.3 Å². The summed E-state index contributed by atoms with van der Waals surface area (Å²) in [4.78, 5) is 33.3. The monoisotopic (exact) mass is 393 g/mol. The van der Waals surface area contributed by atoms with Crippen LogP contribution in [-0.2, 0) is 0 Å². The number of rotatable bonds is 6. The normalized spacial score (nSPS) is 10.2. The van der Waals surface area contributed by atoms with Crippen LogP contribution in [-0.4, -0.2) is 22.9 Å². The molecule has 0 aliphatic carbocycles. The molecule has 0 unspecified atom stereocenters. The van der Waals surface area contributed by atoms with Crippen LogP contribution in [0.25, 0.3) is 11.1 Å². The molecule has 29 heavy (non-hydrogen) atoms. The Morgan fingerprint density at radius 2 is 1.38 bits per heavy atom. The Bertz CT molecular complexity index is 1050. The number of nitrogens with one attached hydrogen (secondary N) is 1. The fourth-order valence-electron chi connectivity index (χ4n) is 2.80. The van der Waals surface area contributed by atoms with Crippen LogP contribution in [0.5, 0.6) is 5.75 Å². The first-order valence-corrected chi connectivity index (χ1v) is 8.38. The molecule has 0 aliphatic rings. The Morgan fingerprint density at radius 3 is 1.86 bits per heavy atom. The first-order chi connectivity index (χ1) is 13.9. The first-order valence-electron chi connectivity index (χ1n) is 8.38. The number of nitro benzene ring substituents is 2. The van der Waals surface area contributed by atoms with Gasteiger partial charge in [0, 0.05) is 17.7 Å². The van der Waals surface area contributed by atoms with Crippen molar-refractivity contribution in [3.8, 4) is 16.9 Å².